The molecule has 0 bridgehead atoms. The predicted octanol–water partition coefficient (Wildman–Crippen LogP) is 2.73. The van der Waals surface area contributed by atoms with Gasteiger partial charge in [-0.15, -0.1) is 0 Å². The normalized spacial score (nSPS) is 11.3. The summed E-state index contributed by atoms with van der Waals surface area (Å²) in [6.45, 7) is 1.67. The van der Waals surface area contributed by atoms with Crippen LogP contribution in [0.3, 0.4) is 0 Å². The second-order valence-corrected chi connectivity index (χ2v) is 3.41. The van der Waals surface area contributed by atoms with Crippen molar-refractivity contribution in [2.45, 2.75) is 19.5 Å². The number of methoxy groups -OCH3 is 1. The molecule has 0 aliphatic rings. The lowest BCUT2D eigenvalue weighted by Gasteiger charge is -2.12. The summed E-state index contributed by atoms with van der Waals surface area (Å²) in [5.74, 6) is -0.684. The summed E-state index contributed by atoms with van der Waals surface area (Å²) in [5.41, 5.74) is -0.172. The van der Waals surface area contributed by atoms with Crippen LogP contribution < -0.4 is 0 Å². The van der Waals surface area contributed by atoms with Crippen LogP contribution in [0.1, 0.15) is 16.7 Å². The van der Waals surface area contributed by atoms with E-state index < -0.39 is 17.7 Å². The van der Waals surface area contributed by atoms with E-state index in [-0.39, 0.29) is 12.0 Å². The first-order valence-corrected chi connectivity index (χ1v) is 4.58. The molecule has 2 nitrogen and oxygen atoms in total. The molecule has 5 heteroatoms. The summed E-state index contributed by atoms with van der Waals surface area (Å²) in [7, 11) is 1.14. The van der Waals surface area contributed by atoms with Gasteiger partial charge in [0.05, 0.1) is 19.1 Å². The maximum atomic E-state index is 12.6. The fourth-order valence-electron chi connectivity index (χ4n) is 1.37. The fraction of sp³-hybridized carbons (Fsp3) is 0.364. The summed E-state index contributed by atoms with van der Waals surface area (Å²) in [5, 5.41) is 0. The van der Waals surface area contributed by atoms with E-state index in [1.54, 1.807) is 6.92 Å². The first kappa shape index (κ1) is 12.5. The minimum atomic E-state index is -4.45. The number of rotatable bonds is 2. The van der Waals surface area contributed by atoms with Crippen molar-refractivity contribution in [2.24, 2.45) is 0 Å². The third kappa shape index (κ3) is 2.98. The molecule has 0 N–H and O–H groups in total. The van der Waals surface area contributed by atoms with Crippen molar-refractivity contribution in [3.63, 3.8) is 0 Å². The van der Waals surface area contributed by atoms with E-state index in [0.717, 1.165) is 13.2 Å². The van der Waals surface area contributed by atoms with Gasteiger partial charge in [-0.2, -0.15) is 13.2 Å². The average Bonchev–Trinajstić information content (AvgIpc) is 2.15. The lowest BCUT2D eigenvalue weighted by Crippen LogP contribution is -2.13. The van der Waals surface area contributed by atoms with Gasteiger partial charge in [-0.25, -0.2) is 0 Å². The first-order valence-electron chi connectivity index (χ1n) is 4.58. The van der Waals surface area contributed by atoms with Crippen molar-refractivity contribution in [1.29, 1.82) is 0 Å². The molecule has 0 unspecified atom stereocenters. The Morgan fingerprint density at radius 2 is 2.00 bits per heavy atom. The highest BCUT2D eigenvalue weighted by Crippen LogP contribution is 2.32. The van der Waals surface area contributed by atoms with Crippen molar-refractivity contribution in [2.75, 3.05) is 7.11 Å². The molecule has 0 aliphatic heterocycles. The largest absolute Gasteiger partial charge is 0.469 e. The smallest absolute Gasteiger partial charge is 0.416 e. The Morgan fingerprint density at radius 1 is 1.38 bits per heavy atom. The average molecular weight is 232 g/mol. The van der Waals surface area contributed by atoms with E-state index >= 15 is 0 Å². The Labute approximate surface area is 91.0 Å². The SMILES string of the molecule is COC(=O)Cc1cc(C)ccc1C(F)(F)F. The van der Waals surface area contributed by atoms with Crippen molar-refractivity contribution in [1.82, 2.24) is 0 Å². The zero-order valence-electron chi connectivity index (χ0n) is 8.89. The number of halogens is 3. The van der Waals surface area contributed by atoms with Gasteiger partial charge in [0.2, 0.25) is 0 Å². The van der Waals surface area contributed by atoms with E-state index in [2.05, 4.69) is 4.74 Å². The zero-order valence-corrected chi connectivity index (χ0v) is 8.89. The van der Waals surface area contributed by atoms with Crippen molar-refractivity contribution in [3.8, 4) is 0 Å². The molecule has 0 atom stereocenters. The topological polar surface area (TPSA) is 26.3 Å². The number of carbonyl (C=O) groups excluding carboxylic acids is 1. The summed E-state index contributed by atoms with van der Waals surface area (Å²) >= 11 is 0. The number of ether oxygens (including phenoxy) is 1. The molecule has 0 amide bonds. The molecule has 0 aromatic heterocycles. The molecule has 88 valence electrons. The van der Waals surface area contributed by atoms with Crippen LogP contribution in [0.2, 0.25) is 0 Å². The molecule has 0 radical (unpaired) electrons. The number of hydrogen-bond acceptors (Lipinski definition) is 2. The van der Waals surface area contributed by atoms with Gasteiger partial charge in [0.15, 0.2) is 0 Å². The summed E-state index contributed by atoms with van der Waals surface area (Å²) < 4.78 is 42.1. The number of alkyl halides is 3. The lowest BCUT2D eigenvalue weighted by atomic mass is 10.0. The van der Waals surface area contributed by atoms with E-state index in [4.69, 9.17) is 0 Å². The Hall–Kier alpha value is -1.52. The molecule has 0 spiro atoms. The molecule has 0 saturated heterocycles. The van der Waals surface area contributed by atoms with E-state index in [1.165, 1.54) is 12.1 Å². The Balaban J connectivity index is 3.13. The van der Waals surface area contributed by atoms with Gasteiger partial charge in [0.1, 0.15) is 0 Å². The monoisotopic (exact) mass is 232 g/mol. The maximum absolute atomic E-state index is 12.6. The highest BCUT2D eigenvalue weighted by molar-refractivity contribution is 5.73. The van der Waals surface area contributed by atoms with Crippen LogP contribution in [0, 0.1) is 6.92 Å². The lowest BCUT2D eigenvalue weighted by molar-refractivity contribution is -0.141. The molecule has 16 heavy (non-hydrogen) atoms. The molecule has 1 aromatic carbocycles. The minimum absolute atomic E-state index is 0.0562. The number of benzene rings is 1. The molecular formula is C11H11F3O2. The number of hydrogen-bond donors (Lipinski definition) is 0. The number of carbonyl (C=O) groups is 1. The van der Waals surface area contributed by atoms with Gasteiger partial charge in [0, 0.05) is 0 Å². The van der Waals surface area contributed by atoms with E-state index in [1.807, 2.05) is 0 Å². The zero-order chi connectivity index (χ0) is 12.3. The van der Waals surface area contributed by atoms with Crippen LogP contribution >= 0.6 is 0 Å². The second kappa shape index (κ2) is 4.55. The molecular weight excluding hydrogens is 221 g/mol. The van der Waals surface area contributed by atoms with Crippen LogP contribution in [-0.4, -0.2) is 13.1 Å². The standard InChI is InChI=1S/C11H11F3O2/c1-7-3-4-9(11(12,13)14)8(5-7)6-10(15)16-2/h3-5H,6H2,1-2H3. The Bertz CT molecular complexity index is 397. The van der Waals surface area contributed by atoms with Crippen LogP contribution in [0.25, 0.3) is 0 Å². The van der Waals surface area contributed by atoms with Crippen molar-refractivity contribution < 1.29 is 22.7 Å². The van der Waals surface area contributed by atoms with Crippen LogP contribution in [0.15, 0.2) is 18.2 Å². The van der Waals surface area contributed by atoms with Crippen molar-refractivity contribution in [3.05, 3.63) is 34.9 Å². The highest BCUT2D eigenvalue weighted by Gasteiger charge is 2.33. The molecule has 0 heterocycles. The fourth-order valence-corrected chi connectivity index (χ4v) is 1.37. The second-order valence-electron chi connectivity index (χ2n) is 3.41. The quantitative estimate of drug-likeness (QED) is 0.733. The summed E-state index contributed by atoms with van der Waals surface area (Å²) in [6.07, 6.45) is -4.82. The van der Waals surface area contributed by atoms with Gasteiger partial charge in [-0.3, -0.25) is 4.79 Å². The maximum Gasteiger partial charge on any atom is 0.416 e. The highest BCUT2D eigenvalue weighted by atomic mass is 19.4. The third-order valence-corrected chi connectivity index (χ3v) is 2.13. The summed E-state index contributed by atoms with van der Waals surface area (Å²) in [4.78, 5) is 11.0. The summed E-state index contributed by atoms with van der Waals surface area (Å²) in [6, 6.07) is 3.69. The predicted molar refractivity (Wildman–Crippen MR) is 51.9 cm³/mol. The Kier molecular flexibility index (Phi) is 3.57. The van der Waals surface area contributed by atoms with Crippen molar-refractivity contribution >= 4 is 5.97 Å². The van der Waals surface area contributed by atoms with Crippen LogP contribution in [0.5, 0.6) is 0 Å². The molecule has 1 aromatic rings. The molecule has 0 aliphatic carbocycles. The Morgan fingerprint density at radius 3 is 2.50 bits per heavy atom. The molecule has 0 saturated carbocycles. The van der Waals surface area contributed by atoms with Gasteiger partial charge in [-0.05, 0) is 18.6 Å². The van der Waals surface area contributed by atoms with Gasteiger partial charge >= 0.3 is 12.1 Å². The van der Waals surface area contributed by atoms with E-state index in [9.17, 15) is 18.0 Å². The molecule has 1 rings (SSSR count). The molecule has 0 fully saturated rings. The number of aryl methyl sites for hydroxylation is 1. The van der Waals surface area contributed by atoms with Gasteiger partial charge in [0.25, 0.3) is 0 Å². The van der Waals surface area contributed by atoms with E-state index in [0.29, 0.717) is 5.56 Å². The minimum Gasteiger partial charge on any atom is -0.469 e. The van der Waals surface area contributed by atoms with Crippen LogP contribution in [-0.2, 0) is 22.1 Å². The number of esters is 1. The first-order chi connectivity index (χ1) is 7.34. The van der Waals surface area contributed by atoms with Crippen LogP contribution in [0.4, 0.5) is 13.2 Å². The third-order valence-electron chi connectivity index (χ3n) is 2.13. The van der Waals surface area contributed by atoms with Gasteiger partial charge < -0.3 is 4.74 Å². The van der Waals surface area contributed by atoms with Gasteiger partial charge in [-0.1, -0.05) is 17.7 Å².